The van der Waals surface area contributed by atoms with E-state index in [2.05, 4.69) is 10.0 Å². The molecule has 2 N–H and O–H groups in total. The SMILES string of the molecule is CCCNc1ccc(S(=O)(=O)N(CC)CC)cc1NS(=O)(=O)c1ccccc1. The van der Waals surface area contributed by atoms with Gasteiger partial charge in [0.05, 0.1) is 21.2 Å². The fraction of sp³-hybridized carbons (Fsp3) is 0.368. The van der Waals surface area contributed by atoms with Gasteiger partial charge in [0.1, 0.15) is 0 Å². The van der Waals surface area contributed by atoms with Gasteiger partial charge in [-0.1, -0.05) is 39.0 Å². The maximum atomic E-state index is 12.8. The molecule has 0 aromatic heterocycles. The van der Waals surface area contributed by atoms with E-state index >= 15 is 0 Å². The summed E-state index contributed by atoms with van der Waals surface area (Å²) in [5, 5.41) is 3.14. The van der Waals surface area contributed by atoms with E-state index < -0.39 is 20.0 Å². The molecular formula is C19H27N3O4S2. The second kappa shape index (κ2) is 9.40. The standard InChI is InChI=1S/C19H27N3O4S2/c1-4-14-20-18-13-12-17(28(25,26)22(5-2)6-3)15-19(18)21-27(23,24)16-10-8-7-9-11-16/h7-13,15,20-21H,4-6,14H2,1-3H3. The van der Waals surface area contributed by atoms with Crippen LogP contribution < -0.4 is 10.0 Å². The Morgan fingerprint density at radius 3 is 2.04 bits per heavy atom. The van der Waals surface area contributed by atoms with Crippen LogP contribution in [-0.4, -0.2) is 40.8 Å². The van der Waals surface area contributed by atoms with Crippen LogP contribution in [0.3, 0.4) is 0 Å². The molecule has 0 spiro atoms. The lowest BCUT2D eigenvalue weighted by Crippen LogP contribution is -2.30. The first-order valence-electron chi connectivity index (χ1n) is 9.22. The number of hydrogen-bond acceptors (Lipinski definition) is 5. The highest BCUT2D eigenvalue weighted by atomic mass is 32.2. The summed E-state index contributed by atoms with van der Waals surface area (Å²) in [6.45, 7) is 6.80. The van der Waals surface area contributed by atoms with Crippen LogP contribution in [0.25, 0.3) is 0 Å². The van der Waals surface area contributed by atoms with Crippen molar-refractivity contribution in [1.82, 2.24) is 4.31 Å². The van der Waals surface area contributed by atoms with Crippen molar-refractivity contribution in [2.24, 2.45) is 0 Å². The predicted molar refractivity (Wildman–Crippen MR) is 113 cm³/mol. The Balaban J connectivity index is 2.50. The van der Waals surface area contributed by atoms with Gasteiger partial charge in [-0.05, 0) is 36.8 Å². The van der Waals surface area contributed by atoms with Crippen LogP contribution in [0, 0.1) is 0 Å². The average molecular weight is 426 g/mol. The Kier molecular flexibility index (Phi) is 7.45. The zero-order valence-corrected chi connectivity index (χ0v) is 18.0. The second-order valence-corrected chi connectivity index (χ2v) is 9.76. The number of nitrogens with one attached hydrogen (secondary N) is 2. The quantitative estimate of drug-likeness (QED) is 0.609. The molecule has 0 aliphatic rings. The highest BCUT2D eigenvalue weighted by molar-refractivity contribution is 7.92. The van der Waals surface area contributed by atoms with E-state index in [1.807, 2.05) is 6.92 Å². The minimum atomic E-state index is -3.85. The fourth-order valence-corrected chi connectivity index (χ4v) is 5.27. The van der Waals surface area contributed by atoms with Crippen LogP contribution >= 0.6 is 0 Å². The molecule has 0 fully saturated rings. The maximum Gasteiger partial charge on any atom is 0.261 e. The molecule has 0 radical (unpaired) electrons. The minimum absolute atomic E-state index is 0.0454. The average Bonchev–Trinajstić information content (AvgIpc) is 2.68. The van der Waals surface area contributed by atoms with E-state index in [1.165, 1.54) is 28.6 Å². The first-order chi connectivity index (χ1) is 13.3. The molecule has 0 amide bonds. The molecule has 0 saturated heterocycles. The molecule has 0 heterocycles. The van der Waals surface area contributed by atoms with Crippen LogP contribution in [0.1, 0.15) is 27.2 Å². The largest absolute Gasteiger partial charge is 0.383 e. The van der Waals surface area contributed by atoms with Crippen molar-refractivity contribution in [2.45, 2.75) is 37.0 Å². The fourth-order valence-electron chi connectivity index (χ4n) is 2.70. The molecule has 0 saturated carbocycles. The Bertz CT molecular complexity index is 987. The first-order valence-corrected chi connectivity index (χ1v) is 12.1. The van der Waals surface area contributed by atoms with Crippen LogP contribution in [-0.2, 0) is 20.0 Å². The highest BCUT2D eigenvalue weighted by Gasteiger charge is 2.24. The number of nitrogens with zero attached hydrogens (tertiary/aromatic N) is 1. The van der Waals surface area contributed by atoms with Crippen molar-refractivity contribution in [2.75, 3.05) is 29.7 Å². The first kappa shape index (κ1) is 22.2. The molecule has 2 rings (SSSR count). The van der Waals surface area contributed by atoms with Crippen LogP contribution in [0.2, 0.25) is 0 Å². The third kappa shape index (κ3) is 5.03. The monoisotopic (exact) mass is 425 g/mol. The molecule has 154 valence electrons. The summed E-state index contributed by atoms with van der Waals surface area (Å²) in [6.07, 6.45) is 0.838. The van der Waals surface area contributed by atoms with Crippen molar-refractivity contribution >= 4 is 31.4 Å². The number of benzene rings is 2. The zero-order valence-electron chi connectivity index (χ0n) is 16.3. The third-order valence-electron chi connectivity index (χ3n) is 4.20. The van der Waals surface area contributed by atoms with Gasteiger partial charge in [-0.2, -0.15) is 4.31 Å². The van der Waals surface area contributed by atoms with Gasteiger partial charge in [-0.15, -0.1) is 0 Å². The van der Waals surface area contributed by atoms with Crippen LogP contribution in [0.5, 0.6) is 0 Å². The Labute approximate surface area is 167 Å². The smallest absolute Gasteiger partial charge is 0.261 e. The minimum Gasteiger partial charge on any atom is -0.383 e. The molecule has 0 unspecified atom stereocenters. The summed E-state index contributed by atoms with van der Waals surface area (Å²) < 4.78 is 55.0. The van der Waals surface area contributed by atoms with Gasteiger partial charge >= 0.3 is 0 Å². The molecule has 7 nitrogen and oxygen atoms in total. The topological polar surface area (TPSA) is 95.6 Å². The van der Waals surface area contributed by atoms with E-state index in [1.54, 1.807) is 38.1 Å². The summed E-state index contributed by atoms with van der Waals surface area (Å²) >= 11 is 0. The molecule has 0 atom stereocenters. The Morgan fingerprint density at radius 1 is 0.821 bits per heavy atom. The van der Waals surface area contributed by atoms with E-state index in [0.29, 0.717) is 25.3 Å². The Hall–Kier alpha value is -2.10. The summed E-state index contributed by atoms with van der Waals surface area (Å²) in [7, 11) is -7.56. The van der Waals surface area contributed by atoms with Gasteiger partial charge in [-0.3, -0.25) is 4.72 Å². The van der Waals surface area contributed by atoms with Crippen molar-refractivity contribution < 1.29 is 16.8 Å². The van der Waals surface area contributed by atoms with Crippen LogP contribution in [0.4, 0.5) is 11.4 Å². The highest BCUT2D eigenvalue weighted by Crippen LogP contribution is 2.29. The van der Waals surface area contributed by atoms with Gasteiger partial charge in [0.2, 0.25) is 10.0 Å². The molecule has 0 aliphatic heterocycles. The zero-order chi connectivity index (χ0) is 20.8. The number of rotatable bonds is 10. The summed E-state index contributed by atoms with van der Waals surface area (Å²) in [5.41, 5.74) is 0.727. The predicted octanol–water partition coefficient (Wildman–Crippen LogP) is 3.34. The van der Waals surface area contributed by atoms with E-state index in [0.717, 1.165) is 6.42 Å². The van der Waals surface area contributed by atoms with E-state index in [9.17, 15) is 16.8 Å². The van der Waals surface area contributed by atoms with Crippen molar-refractivity contribution in [3.8, 4) is 0 Å². The van der Waals surface area contributed by atoms with E-state index in [4.69, 9.17) is 0 Å². The van der Waals surface area contributed by atoms with Gasteiger partial charge in [0.15, 0.2) is 0 Å². The number of anilines is 2. The normalized spacial score (nSPS) is 12.1. The molecular weight excluding hydrogens is 398 g/mol. The second-order valence-electron chi connectivity index (χ2n) is 6.14. The number of hydrogen-bond donors (Lipinski definition) is 2. The number of sulfonamides is 2. The summed E-state index contributed by atoms with van der Waals surface area (Å²) in [6, 6.07) is 12.4. The van der Waals surface area contributed by atoms with E-state index in [-0.39, 0.29) is 15.5 Å². The summed E-state index contributed by atoms with van der Waals surface area (Å²) in [4.78, 5) is 0.150. The van der Waals surface area contributed by atoms with Gasteiger partial charge in [-0.25, -0.2) is 16.8 Å². The molecule has 2 aromatic rings. The third-order valence-corrected chi connectivity index (χ3v) is 7.62. The molecule has 28 heavy (non-hydrogen) atoms. The van der Waals surface area contributed by atoms with Crippen molar-refractivity contribution in [3.05, 3.63) is 48.5 Å². The maximum absolute atomic E-state index is 12.8. The van der Waals surface area contributed by atoms with Crippen molar-refractivity contribution in [1.29, 1.82) is 0 Å². The molecule has 9 heteroatoms. The molecule has 0 bridgehead atoms. The molecule has 0 aliphatic carbocycles. The summed E-state index contributed by atoms with van der Waals surface area (Å²) in [5.74, 6) is 0. The van der Waals surface area contributed by atoms with Gasteiger partial charge in [0, 0.05) is 19.6 Å². The lowest BCUT2D eigenvalue weighted by molar-refractivity contribution is 0.445. The van der Waals surface area contributed by atoms with Crippen LogP contribution in [0.15, 0.2) is 58.3 Å². The lowest BCUT2D eigenvalue weighted by Gasteiger charge is -2.20. The lowest BCUT2D eigenvalue weighted by atomic mass is 10.2. The van der Waals surface area contributed by atoms with Crippen molar-refractivity contribution in [3.63, 3.8) is 0 Å². The Morgan fingerprint density at radius 2 is 1.46 bits per heavy atom. The van der Waals surface area contributed by atoms with Gasteiger partial charge in [0.25, 0.3) is 10.0 Å². The van der Waals surface area contributed by atoms with Gasteiger partial charge < -0.3 is 5.32 Å². The molecule has 2 aromatic carbocycles.